The number of allylic oxidation sites excluding steroid dienone is 3. The molecule has 0 bridgehead atoms. The maximum Gasteiger partial charge on any atom is 0.337 e. The molecule has 1 aromatic carbocycles. The van der Waals surface area contributed by atoms with Crippen molar-refractivity contribution in [2.75, 3.05) is 38.2 Å². The summed E-state index contributed by atoms with van der Waals surface area (Å²) in [5, 5.41) is 0. The quantitative estimate of drug-likeness (QED) is 0.231. The van der Waals surface area contributed by atoms with Crippen molar-refractivity contribution >= 4 is 21.4 Å². The minimum Gasteiger partial charge on any atom is -0.465 e. The van der Waals surface area contributed by atoms with E-state index < -0.39 is 9.84 Å². The van der Waals surface area contributed by atoms with Gasteiger partial charge in [0.25, 0.3) is 0 Å². The number of sulfone groups is 1. The molecule has 0 aromatic heterocycles. The van der Waals surface area contributed by atoms with Gasteiger partial charge in [0, 0.05) is 19.6 Å². The van der Waals surface area contributed by atoms with Crippen LogP contribution in [0, 0.1) is 56.7 Å². The van der Waals surface area contributed by atoms with Crippen LogP contribution >= 0.6 is 0 Å². The minimum absolute atomic E-state index is 0.0407. The number of rotatable bonds is 5. The average molecular weight is 676 g/mol. The van der Waals surface area contributed by atoms with Gasteiger partial charge >= 0.3 is 5.97 Å². The third-order valence-electron chi connectivity index (χ3n) is 16.4. The van der Waals surface area contributed by atoms with Crippen LogP contribution in [0.15, 0.2) is 42.5 Å². The fourth-order valence-electron chi connectivity index (χ4n) is 13.9. The van der Waals surface area contributed by atoms with Crippen LogP contribution < -0.4 is 0 Å². The summed E-state index contributed by atoms with van der Waals surface area (Å²) in [6.45, 7) is 22.4. The van der Waals surface area contributed by atoms with Gasteiger partial charge in [0.05, 0.1) is 24.2 Å². The Hall–Kier alpha value is -1.92. The summed E-state index contributed by atoms with van der Waals surface area (Å²) in [6, 6.07) is 8.09. The van der Waals surface area contributed by atoms with Crippen molar-refractivity contribution < 1.29 is 17.9 Å². The van der Waals surface area contributed by atoms with Gasteiger partial charge in [-0.05, 0) is 145 Å². The summed E-state index contributed by atoms with van der Waals surface area (Å²) >= 11 is 0. The van der Waals surface area contributed by atoms with Crippen LogP contribution in [0.2, 0.25) is 0 Å². The highest BCUT2D eigenvalue weighted by molar-refractivity contribution is 7.91. The molecule has 7 rings (SSSR count). The molecule has 0 N–H and O–H groups in total. The lowest BCUT2D eigenvalue weighted by molar-refractivity contribution is -0.226. The number of benzene rings is 1. The lowest BCUT2D eigenvalue weighted by atomic mass is 9.32. The van der Waals surface area contributed by atoms with Gasteiger partial charge in [-0.25, -0.2) is 13.2 Å². The Morgan fingerprint density at radius 3 is 2.23 bits per heavy atom. The van der Waals surface area contributed by atoms with Crippen molar-refractivity contribution in [3.63, 3.8) is 0 Å². The predicted molar refractivity (Wildman–Crippen MR) is 195 cm³/mol. The second-order valence-corrected chi connectivity index (χ2v) is 20.9. The molecule has 48 heavy (non-hydrogen) atoms. The monoisotopic (exact) mass is 675 g/mol. The molecule has 0 radical (unpaired) electrons. The first kappa shape index (κ1) is 34.5. The number of fused-ring (bicyclic) bond motifs is 7. The van der Waals surface area contributed by atoms with Crippen LogP contribution in [0.1, 0.15) is 115 Å². The summed E-state index contributed by atoms with van der Waals surface area (Å²) < 4.78 is 29.6. The molecular formula is C42H61NO4S. The van der Waals surface area contributed by atoms with Gasteiger partial charge in [0.1, 0.15) is 0 Å². The molecule has 1 aliphatic heterocycles. The zero-order valence-corrected chi connectivity index (χ0v) is 31.7. The normalized spacial score (nSPS) is 43.1. The maximum atomic E-state index is 12.3. The molecule has 1 aromatic rings. The topological polar surface area (TPSA) is 63.7 Å². The number of ether oxygens (including phenoxy) is 1. The highest BCUT2D eigenvalue weighted by Gasteiger charge is 2.70. The van der Waals surface area contributed by atoms with Gasteiger partial charge in [-0.1, -0.05) is 65.0 Å². The van der Waals surface area contributed by atoms with Crippen molar-refractivity contribution in [3.05, 3.63) is 53.6 Å². The minimum atomic E-state index is -2.88. The summed E-state index contributed by atoms with van der Waals surface area (Å²) in [5.41, 5.74) is 5.81. The molecule has 0 amide bonds. The largest absolute Gasteiger partial charge is 0.465 e. The third-order valence-corrected chi connectivity index (χ3v) is 18.0. The van der Waals surface area contributed by atoms with Crippen LogP contribution in [-0.2, 0) is 14.6 Å². The van der Waals surface area contributed by atoms with E-state index >= 15 is 0 Å². The Labute approximate surface area is 291 Å². The number of esters is 1. The van der Waals surface area contributed by atoms with Gasteiger partial charge in [0.15, 0.2) is 9.84 Å². The number of carbonyl (C=O) groups excluding carboxylic acids is 1. The van der Waals surface area contributed by atoms with E-state index in [4.69, 9.17) is 4.74 Å². The van der Waals surface area contributed by atoms with Crippen LogP contribution in [0.5, 0.6) is 0 Å². The second-order valence-electron chi connectivity index (χ2n) is 18.6. The van der Waals surface area contributed by atoms with E-state index in [9.17, 15) is 13.2 Å². The van der Waals surface area contributed by atoms with Crippen LogP contribution in [0.25, 0.3) is 5.57 Å². The Morgan fingerprint density at radius 2 is 1.58 bits per heavy atom. The number of nitrogens with zero attached hydrogens (tertiary/aromatic N) is 1. The van der Waals surface area contributed by atoms with E-state index in [-0.39, 0.29) is 22.2 Å². The van der Waals surface area contributed by atoms with Crippen molar-refractivity contribution in [1.82, 2.24) is 4.90 Å². The van der Waals surface area contributed by atoms with Crippen LogP contribution in [0.4, 0.5) is 0 Å². The maximum absolute atomic E-state index is 12.3. The molecule has 264 valence electrons. The Bertz CT molecular complexity index is 1600. The summed E-state index contributed by atoms with van der Waals surface area (Å²) in [6.07, 6.45) is 14.0. The molecule has 5 aliphatic carbocycles. The molecule has 6 aliphatic rings. The fourth-order valence-corrected chi connectivity index (χ4v) is 15.2. The number of hydrogen-bond donors (Lipinski definition) is 0. The van der Waals surface area contributed by atoms with E-state index in [1.165, 1.54) is 75.2 Å². The predicted octanol–water partition coefficient (Wildman–Crippen LogP) is 8.85. The third kappa shape index (κ3) is 4.99. The zero-order chi connectivity index (χ0) is 34.5. The lowest BCUT2D eigenvalue weighted by Crippen LogP contribution is -2.66. The first-order chi connectivity index (χ1) is 22.5. The molecular weight excluding hydrogens is 615 g/mol. The molecule has 6 heteroatoms. The fraction of sp³-hybridized carbons (Fsp3) is 0.738. The first-order valence-corrected chi connectivity index (χ1v) is 20.8. The highest BCUT2D eigenvalue weighted by Crippen LogP contribution is 2.77. The number of hydrogen-bond acceptors (Lipinski definition) is 5. The van der Waals surface area contributed by atoms with Crippen molar-refractivity contribution in [2.24, 2.45) is 56.7 Å². The molecule has 5 nitrogen and oxygen atoms in total. The molecule has 1 heterocycles. The van der Waals surface area contributed by atoms with Crippen molar-refractivity contribution in [1.29, 1.82) is 0 Å². The van der Waals surface area contributed by atoms with E-state index in [0.29, 0.717) is 70.6 Å². The van der Waals surface area contributed by atoms with Gasteiger partial charge in [0.2, 0.25) is 0 Å². The SMILES string of the molecule is C=C(C)C1CCC2(CN3CCS(=O)(=O)CC3)CCC3(C)C(CCC4C5(C)CC=C(c6ccc(C(=O)OC)cc6)C(C)(C)C5CCC43C)C12. The number of carbonyl (C=O) groups is 1. The van der Waals surface area contributed by atoms with Crippen LogP contribution in [0.3, 0.4) is 0 Å². The Balaban J connectivity index is 1.19. The second kappa shape index (κ2) is 11.6. The number of methoxy groups -OCH3 is 1. The summed E-state index contributed by atoms with van der Waals surface area (Å²) in [7, 11) is -1.44. The summed E-state index contributed by atoms with van der Waals surface area (Å²) in [4.78, 5) is 14.6. The lowest BCUT2D eigenvalue weighted by Gasteiger charge is -2.72. The molecule has 4 saturated carbocycles. The molecule has 9 unspecified atom stereocenters. The van der Waals surface area contributed by atoms with Crippen molar-refractivity contribution in [3.8, 4) is 0 Å². The van der Waals surface area contributed by atoms with E-state index in [2.05, 4.69) is 71.2 Å². The standard InChI is InChI=1S/C42H61NO4S/c1-28(2)31-15-20-42(27-43-23-25-48(45,46)26-24-43)22-21-40(6)33(36(31)42)13-14-35-39(5)18-16-32(29-9-11-30(12-10-29)37(44)47-8)38(3,4)34(39)17-19-41(35,40)7/h9-12,16,31,33-36H,1,13-15,17-27H2,2-8H3. The molecule has 9 atom stereocenters. The van der Waals surface area contributed by atoms with Gasteiger partial charge < -0.3 is 9.64 Å². The van der Waals surface area contributed by atoms with Crippen LogP contribution in [-0.4, -0.2) is 57.5 Å². The first-order valence-electron chi connectivity index (χ1n) is 19.0. The van der Waals surface area contributed by atoms with E-state index in [1.54, 1.807) is 0 Å². The molecule has 0 spiro atoms. The highest BCUT2D eigenvalue weighted by atomic mass is 32.2. The zero-order valence-electron chi connectivity index (χ0n) is 30.9. The molecule has 5 fully saturated rings. The van der Waals surface area contributed by atoms with E-state index in [0.717, 1.165) is 13.0 Å². The average Bonchev–Trinajstić information content (AvgIpc) is 3.42. The summed E-state index contributed by atoms with van der Waals surface area (Å²) in [5.74, 6) is 3.59. The smallest absolute Gasteiger partial charge is 0.337 e. The van der Waals surface area contributed by atoms with Gasteiger partial charge in [-0.3, -0.25) is 0 Å². The van der Waals surface area contributed by atoms with Gasteiger partial charge in [-0.2, -0.15) is 0 Å². The Kier molecular flexibility index (Phi) is 8.31. The Morgan fingerprint density at radius 1 is 0.896 bits per heavy atom. The molecule has 1 saturated heterocycles. The van der Waals surface area contributed by atoms with E-state index in [1.807, 2.05) is 12.1 Å². The van der Waals surface area contributed by atoms with Gasteiger partial charge in [-0.15, -0.1) is 0 Å². The van der Waals surface area contributed by atoms with Crippen molar-refractivity contribution in [2.45, 2.75) is 99.3 Å².